The van der Waals surface area contributed by atoms with E-state index in [1.54, 1.807) is 0 Å². The second-order valence-electron chi connectivity index (χ2n) is 2.83. The third-order valence-electron chi connectivity index (χ3n) is 2.03. The fourth-order valence-corrected chi connectivity index (χ4v) is 1.69. The molecule has 0 spiro atoms. The van der Waals surface area contributed by atoms with Crippen LogP contribution in [0.3, 0.4) is 0 Å². The van der Waals surface area contributed by atoms with Gasteiger partial charge in [0.2, 0.25) is 0 Å². The molecule has 1 aliphatic rings. The molecule has 0 fully saturated rings. The first kappa shape index (κ1) is 8.51. The number of rotatable bonds is 1. The van der Waals surface area contributed by atoms with Crippen molar-refractivity contribution >= 4 is 23.0 Å². The lowest BCUT2D eigenvalue weighted by Gasteiger charge is -2.21. The van der Waals surface area contributed by atoms with E-state index in [1.165, 1.54) is 0 Å². The van der Waals surface area contributed by atoms with Crippen LogP contribution in [0.4, 0.5) is 11.4 Å². The number of anilines is 2. The van der Waals surface area contributed by atoms with Crippen LogP contribution in [0.15, 0.2) is 12.1 Å². The minimum absolute atomic E-state index is 0.694. The highest BCUT2D eigenvalue weighted by atomic mass is 35.5. The lowest BCUT2D eigenvalue weighted by Crippen LogP contribution is -2.18. The Kier molecular flexibility index (Phi) is 2.19. The van der Waals surface area contributed by atoms with Gasteiger partial charge in [-0.1, -0.05) is 11.6 Å². The Morgan fingerprint density at radius 1 is 1.54 bits per heavy atom. The van der Waals surface area contributed by atoms with Gasteiger partial charge >= 0.3 is 0 Å². The highest BCUT2D eigenvalue weighted by Gasteiger charge is 2.14. The zero-order valence-corrected chi connectivity index (χ0v) is 8.11. The molecule has 2 rings (SSSR count). The molecule has 1 aromatic rings. The summed E-state index contributed by atoms with van der Waals surface area (Å²) in [5.74, 6) is 0.829. The summed E-state index contributed by atoms with van der Waals surface area (Å²) in [5.41, 5.74) is 1.80. The summed E-state index contributed by atoms with van der Waals surface area (Å²) in [6.07, 6.45) is 0. The Hall–Kier alpha value is -1.09. The number of fused-ring (bicyclic) bond motifs is 1. The summed E-state index contributed by atoms with van der Waals surface area (Å²) >= 11 is 6.12. The molecular formula is C9H11ClN2O. The van der Waals surface area contributed by atoms with Gasteiger partial charge in [0.05, 0.1) is 16.4 Å². The molecule has 0 radical (unpaired) electrons. The van der Waals surface area contributed by atoms with Crippen molar-refractivity contribution < 1.29 is 4.74 Å². The second kappa shape index (κ2) is 3.34. The fourth-order valence-electron chi connectivity index (χ4n) is 1.37. The van der Waals surface area contributed by atoms with Gasteiger partial charge in [0, 0.05) is 13.6 Å². The molecule has 3 nitrogen and oxygen atoms in total. The molecule has 1 aromatic carbocycles. The first-order valence-corrected chi connectivity index (χ1v) is 4.57. The summed E-state index contributed by atoms with van der Waals surface area (Å²) in [6.45, 7) is 1.50. The van der Waals surface area contributed by atoms with Gasteiger partial charge in [-0.2, -0.15) is 0 Å². The summed E-state index contributed by atoms with van der Waals surface area (Å²) in [6, 6.07) is 3.83. The molecule has 0 bridgehead atoms. The summed E-state index contributed by atoms with van der Waals surface area (Å²) in [7, 11) is 1.84. The Morgan fingerprint density at radius 2 is 2.38 bits per heavy atom. The van der Waals surface area contributed by atoms with Crippen molar-refractivity contribution in [2.24, 2.45) is 0 Å². The van der Waals surface area contributed by atoms with Crippen molar-refractivity contribution in [3.8, 4) is 5.75 Å². The van der Waals surface area contributed by atoms with Gasteiger partial charge in [-0.25, -0.2) is 0 Å². The van der Waals surface area contributed by atoms with Crippen molar-refractivity contribution in [1.82, 2.24) is 0 Å². The van der Waals surface area contributed by atoms with Crippen LogP contribution in [0.1, 0.15) is 0 Å². The third-order valence-corrected chi connectivity index (χ3v) is 2.43. The maximum absolute atomic E-state index is 6.12. The number of benzene rings is 1. The molecule has 13 heavy (non-hydrogen) atoms. The van der Waals surface area contributed by atoms with Gasteiger partial charge in [0.25, 0.3) is 0 Å². The number of hydrogen-bond donors (Lipinski definition) is 2. The van der Waals surface area contributed by atoms with Crippen LogP contribution in [0.25, 0.3) is 0 Å². The predicted molar refractivity (Wildman–Crippen MR) is 55.0 cm³/mol. The van der Waals surface area contributed by atoms with E-state index in [1.807, 2.05) is 19.2 Å². The van der Waals surface area contributed by atoms with E-state index in [0.717, 1.165) is 23.7 Å². The minimum atomic E-state index is 0.694. The van der Waals surface area contributed by atoms with Gasteiger partial charge in [-0.3, -0.25) is 0 Å². The molecular weight excluding hydrogens is 188 g/mol. The van der Waals surface area contributed by atoms with E-state index < -0.39 is 0 Å². The topological polar surface area (TPSA) is 33.3 Å². The van der Waals surface area contributed by atoms with Gasteiger partial charge in [0.1, 0.15) is 12.4 Å². The van der Waals surface area contributed by atoms with Crippen LogP contribution in [0, 0.1) is 0 Å². The number of nitrogens with one attached hydrogen (secondary N) is 2. The lowest BCUT2D eigenvalue weighted by atomic mass is 10.2. The largest absolute Gasteiger partial charge is 0.490 e. The molecule has 1 heterocycles. The van der Waals surface area contributed by atoms with E-state index >= 15 is 0 Å². The van der Waals surface area contributed by atoms with Crippen molar-refractivity contribution in [3.63, 3.8) is 0 Å². The van der Waals surface area contributed by atoms with Crippen molar-refractivity contribution in [2.45, 2.75) is 0 Å². The van der Waals surface area contributed by atoms with E-state index in [2.05, 4.69) is 10.6 Å². The van der Waals surface area contributed by atoms with Crippen molar-refractivity contribution in [2.75, 3.05) is 30.8 Å². The van der Waals surface area contributed by atoms with Crippen LogP contribution in [-0.2, 0) is 0 Å². The van der Waals surface area contributed by atoms with Crippen LogP contribution in [0.2, 0.25) is 5.02 Å². The Labute approximate surface area is 82.0 Å². The zero-order chi connectivity index (χ0) is 9.26. The maximum Gasteiger partial charge on any atom is 0.144 e. The highest BCUT2D eigenvalue weighted by molar-refractivity contribution is 6.36. The second-order valence-corrected chi connectivity index (χ2v) is 3.20. The normalized spacial score (nSPS) is 14.0. The summed E-state index contributed by atoms with van der Waals surface area (Å²) in [4.78, 5) is 0. The SMILES string of the molecule is CNc1ccc2c(c1Cl)NCCO2. The van der Waals surface area contributed by atoms with Crippen LogP contribution in [0.5, 0.6) is 5.75 Å². The monoisotopic (exact) mass is 198 g/mol. The smallest absolute Gasteiger partial charge is 0.144 e. The van der Waals surface area contributed by atoms with Gasteiger partial charge < -0.3 is 15.4 Å². The molecule has 0 amide bonds. The van der Waals surface area contributed by atoms with E-state index in [-0.39, 0.29) is 0 Å². The number of halogens is 1. The van der Waals surface area contributed by atoms with Crippen molar-refractivity contribution in [1.29, 1.82) is 0 Å². The standard InChI is InChI=1S/C9H11ClN2O/c1-11-6-2-3-7-9(8(6)10)12-4-5-13-7/h2-3,11-12H,4-5H2,1H3. The third kappa shape index (κ3) is 1.40. The van der Waals surface area contributed by atoms with Gasteiger partial charge in [0.15, 0.2) is 0 Å². The van der Waals surface area contributed by atoms with Gasteiger partial charge in [-0.05, 0) is 12.1 Å². The average Bonchev–Trinajstić information content (AvgIpc) is 2.19. The zero-order valence-electron chi connectivity index (χ0n) is 7.36. The molecule has 0 unspecified atom stereocenters. The maximum atomic E-state index is 6.12. The predicted octanol–water partition coefficient (Wildman–Crippen LogP) is 2.19. The van der Waals surface area contributed by atoms with Crippen LogP contribution < -0.4 is 15.4 Å². The Balaban J connectivity index is 2.48. The van der Waals surface area contributed by atoms with E-state index in [9.17, 15) is 0 Å². The minimum Gasteiger partial charge on any atom is -0.490 e. The van der Waals surface area contributed by atoms with Crippen LogP contribution in [-0.4, -0.2) is 20.2 Å². The fraction of sp³-hybridized carbons (Fsp3) is 0.333. The summed E-state index contributed by atoms with van der Waals surface area (Å²) in [5, 5.41) is 6.92. The molecule has 2 N–H and O–H groups in total. The first-order valence-electron chi connectivity index (χ1n) is 4.20. The van der Waals surface area contributed by atoms with Crippen LogP contribution >= 0.6 is 11.6 Å². The molecule has 4 heteroatoms. The molecule has 0 aromatic heterocycles. The molecule has 70 valence electrons. The van der Waals surface area contributed by atoms with Crippen molar-refractivity contribution in [3.05, 3.63) is 17.2 Å². The van der Waals surface area contributed by atoms with E-state index in [0.29, 0.717) is 11.6 Å². The van der Waals surface area contributed by atoms with Gasteiger partial charge in [-0.15, -0.1) is 0 Å². The molecule has 0 aliphatic carbocycles. The number of hydrogen-bond acceptors (Lipinski definition) is 3. The van der Waals surface area contributed by atoms with E-state index in [4.69, 9.17) is 16.3 Å². The Bertz CT molecular complexity index is 328. The molecule has 0 saturated carbocycles. The molecule has 0 saturated heterocycles. The summed E-state index contributed by atoms with van der Waals surface area (Å²) < 4.78 is 5.43. The first-order chi connectivity index (χ1) is 6.33. The molecule has 1 aliphatic heterocycles. The lowest BCUT2D eigenvalue weighted by molar-refractivity contribution is 0.323. The average molecular weight is 199 g/mol. The number of ether oxygens (including phenoxy) is 1. The Morgan fingerprint density at radius 3 is 3.15 bits per heavy atom. The molecule has 0 atom stereocenters. The quantitative estimate of drug-likeness (QED) is 0.726. The highest BCUT2D eigenvalue weighted by Crippen LogP contribution is 2.39.